The Labute approximate surface area is 196 Å². The van der Waals surface area contributed by atoms with Gasteiger partial charge in [-0.25, -0.2) is 9.07 Å². The molecule has 0 saturated carbocycles. The van der Waals surface area contributed by atoms with E-state index in [9.17, 15) is 9.50 Å². The van der Waals surface area contributed by atoms with E-state index in [1.165, 1.54) is 6.07 Å². The van der Waals surface area contributed by atoms with Crippen molar-refractivity contribution in [3.8, 4) is 17.3 Å². The number of aryl methyl sites for hydroxylation is 1. The Hall–Kier alpha value is -2.96. The number of nitrogens with zero attached hydrogens (tertiary/aromatic N) is 3. The van der Waals surface area contributed by atoms with Crippen molar-refractivity contribution in [1.82, 2.24) is 14.7 Å². The molecular weight excluding hydrogens is 417 g/mol. The molecule has 176 valence electrons. The maximum absolute atomic E-state index is 14.5. The summed E-state index contributed by atoms with van der Waals surface area (Å²) in [5.74, 6) is 0.240. The van der Waals surface area contributed by atoms with Gasteiger partial charge in [0.15, 0.2) is 11.6 Å². The lowest BCUT2D eigenvalue weighted by molar-refractivity contribution is 0.102. The molecule has 0 spiro atoms. The predicted molar refractivity (Wildman–Crippen MR) is 130 cm³/mol. The summed E-state index contributed by atoms with van der Waals surface area (Å²) in [6.45, 7) is 9.84. The van der Waals surface area contributed by atoms with Crippen LogP contribution in [0.2, 0.25) is 0 Å². The Kier molecular flexibility index (Phi) is 9.22. The molecule has 5 nitrogen and oxygen atoms in total. The zero-order valence-corrected chi connectivity index (χ0v) is 19.6. The Bertz CT molecular complexity index is 1020. The van der Waals surface area contributed by atoms with Crippen molar-refractivity contribution in [1.29, 1.82) is 0 Å². The standard InChI is InChI=1S/C27H34FN3O2/c1-4-7-15-22(32)19-30(18-5-2)20-23-25(6-3)29-31(21-13-9-8-10-14-21)27(23)33-26-17-12-11-16-24(26)28/h4,8-14,16-17,22,32H,1,5-7,15,18-20H2,2-3H3/t22-/m0/s1. The van der Waals surface area contributed by atoms with Gasteiger partial charge in [0.1, 0.15) is 0 Å². The minimum absolute atomic E-state index is 0.159. The number of aliphatic hydroxyl groups excluding tert-OH is 1. The Balaban J connectivity index is 2.01. The van der Waals surface area contributed by atoms with Gasteiger partial charge >= 0.3 is 0 Å². The summed E-state index contributed by atoms with van der Waals surface area (Å²) in [6.07, 6.45) is 4.49. The van der Waals surface area contributed by atoms with Gasteiger partial charge in [-0.1, -0.05) is 50.3 Å². The first-order chi connectivity index (χ1) is 16.1. The predicted octanol–water partition coefficient (Wildman–Crippen LogP) is 5.91. The number of hydrogen-bond acceptors (Lipinski definition) is 4. The monoisotopic (exact) mass is 451 g/mol. The average molecular weight is 452 g/mol. The van der Waals surface area contributed by atoms with E-state index in [1.54, 1.807) is 22.9 Å². The number of para-hydroxylation sites is 2. The van der Waals surface area contributed by atoms with E-state index >= 15 is 0 Å². The number of ether oxygens (including phenoxy) is 1. The molecule has 0 aliphatic carbocycles. The smallest absolute Gasteiger partial charge is 0.227 e. The minimum atomic E-state index is -0.445. The third kappa shape index (κ3) is 6.53. The highest BCUT2D eigenvalue weighted by atomic mass is 19.1. The molecule has 0 saturated heterocycles. The average Bonchev–Trinajstić information content (AvgIpc) is 3.17. The van der Waals surface area contributed by atoms with Crippen molar-refractivity contribution < 1.29 is 14.2 Å². The van der Waals surface area contributed by atoms with E-state index in [1.807, 2.05) is 36.4 Å². The zero-order valence-electron chi connectivity index (χ0n) is 19.6. The van der Waals surface area contributed by atoms with Gasteiger partial charge in [-0.3, -0.25) is 4.90 Å². The Morgan fingerprint density at radius 2 is 1.88 bits per heavy atom. The molecule has 0 aliphatic rings. The molecule has 3 rings (SSSR count). The molecule has 1 heterocycles. The first kappa shape index (κ1) is 24.7. The maximum Gasteiger partial charge on any atom is 0.227 e. The number of aliphatic hydroxyl groups is 1. The number of aromatic nitrogens is 2. The maximum atomic E-state index is 14.5. The van der Waals surface area contributed by atoms with Crippen LogP contribution in [0.25, 0.3) is 5.69 Å². The van der Waals surface area contributed by atoms with Gasteiger partial charge in [0.2, 0.25) is 5.88 Å². The molecule has 1 N–H and O–H groups in total. The van der Waals surface area contributed by atoms with Crippen LogP contribution in [0.15, 0.2) is 67.3 Å². The summed E-state index contributed by atoms with van der Waals surface area (Å²) >= 11 is 0. The van der Waals surface area contributed by atoms with Gasteiger partial charge in [-0.05, 0) is 56.5 Å². The molecule has 1 atom stereocenters. The fraction of sp³-hybridized carbons (Fsp3) is 0.370. The van der Waals surface area contributed by atoms with Crippen LogP contribution >= 0.6 is 0 Å². The summed E-state index contributed by atoms with van der Waals surface area (Å²) in [4.78, 5) is 2.22. The molecule has 0 unspecified atom stereocenters. The van der Waals surface area contributed by atoms with Gasteiger partial charge in [0.25, 0.3) is 0 Å². The van der Waals surface area contributed by atoms with Crippen molar-refractivity contribution in [2.24, 2.45) is 0 Å². The second kappa shape index (κ2) is 12.3. The highest BCUT2D eigenvalue weighted by Crippen LogP contribution is 2.33. The lowest BCUT2D eigenvalue weighted by atomic mass is 10.1. The summed E-state index contributed by atoms with van der Waals surface area (Å²) in [6, 6.07) is 16.1. The SMILES string of the molecule is C=CCC[C@H](O)CN(CCC)Cc1c(CC)nn(-c2ccccc2)c1Oc1ccccc1F. The van der Waals surface area contributed by atoms with Gasteiger partial charge in [0.05, 0.1) is 23.0 Å². The van der Waals surface area contributed by atoms with Crippen molar-refractivity contribution in [2.75, 3.05) is 13.1 Å². The molecule has 2 aromatic carbocycles. The van der Waals surface area contributed by atoms with Crippen LogP contribution in [0, 0.1) is 5.82 Å². The normalized spacial score (nSPS) is 12.2. The second-order valence-electron chi connectivity index (χ2n) is 8.12. The molecule has 3 aromatic rings. The topological polar surface area (TPSA) is 50.5 Å². The van der Waals surface area contributed by atoms with Gasteiger partial charge in [0, 0.05) is 13.1 Å². The molecule has 6 heteroatoms. The Morgan fingerprint density at radius 3 is 2.55 bits per heavy atom. The summed E-state index contributed by atoms with van der Waals surface area (Å²) in [5, 5.41) is 15.3. The van der Waals surface area contributed by atoms with E-state index in [4.69, 9.17) is 9.84 Å². The molecular formula is C27H34FN3O2. The fourth-order valence-corrected chi connectivity index (χ4v) is 3.88. The zero-order chi connectivity index (χ0) is 23.6. The van der Waals surface area contributed by atoms with Crippen LogP contribution < -0.4 is 4.74 Å². The molecule has 1 aromatic heterocycles. The summed E-state index contributed by atoms with van der Waals surface area (Å²) in [5.41, 5.74) is 2.65. The molecule has 0 bridgehead atoms. The molecule has 0 fully saturated rings. The van der Waals surface area contributed by atoms with E-state index in [-0.39, 0.29) is 5.75 Å². The van der Waals surface area contributed by atoms with Crippen LogP contribution in [0.3, 0.4) is 0 Å². The minimum Gasteiger partial charge on any atom is -0.435 e. The van der Waals surface area contributed by atoms with Crippen LogP contribution in [-0.2, 0) is 13.0 Å². The number of allylic oxidation sites excluding steroid dienone is 1. The number of halogens is 1. The van der Waals surface area contributed by atoms with Gasteiger partial charge in [-0.15, -0.1) is 6.58 Å². The van der Waals surface area contributed by atoms with Crippen molar-refractivity contribution in [3.63, 3.8) is 0 Å². The largest absolute Gasteiger partial charge is 0.435 e. The van der Waals surface area contributed by atoms with Crippen LogP contribution in [0.4, 0.5) is 4.39 Å². The van der Waals surface area contributed by atoms with Gasteiger partial charge < -0.3 is 9.84 Å². The number of hydrogen-bond donors (Lipinski definition) is 1. The lowest BCUT2D eigenvalue weighted by Gasteiger charge is -2.25. The third-order valence-corrected chi connectivity index (χ3v) is 5.49. The van der Waals surface area contributed by atoms with Crippen molar-refractivity contribution >= 4 is 0 Å². The van der Waals surface area contributed by atoms with Crippen LogP contribution in [0.1, 0.15) is 44.4 Å². The quantitative estimate of drug-likeness (QED) is 0.329. The fourth-order valence-electron chi connectivity index (χ4n) is 3.88. The van der Waals surface area contributed by atoms with Crippen molar-refractivity contribution in [2.45, 2.75) is 52.2 Å². The first-order valence-corrected chi connectivity index (χ1v) is 11.7. The molecule has 33 heavy (non-hydrogen) atoms. The van der Waals surface area contributed by atoms with E-state index < -0.39 is 11.9 Å². The third-order valence-electron chi connectivity index (χ3n) is 5.49. The van der Waals surface area contributed by atoms with Crippen molar-refractivity contribution in [3.05, 3.63) is 84.3 Å². The van der Waals surface area contributed by atoms with Crippen LogP contribution in [0.5, 0.6) is 11.6 Å². The molecule has 0 radical (unpaired) electrons. The second-order valence-corrected chi connectivity index (χ2v) is 8.12. The summed E-state index contributed by atoms with van der Waals surface area (Å²) in [7, 11) is 0. The number of benzene rings is 2. The summed E-state index contributed by atoms with van der Waals surface area (Å²) < 4.78 is 22.4. The number of rotatable bonds is 13. The highest BCUT2D eigenvalue weighted by molar-refractivity contribution is 5.44. The highest BCUT2D eigenvalue weighted by Gasteiger charge is 2.24. The first-order valence-electron chi connectivity index (χ1n) is 11.7. The van der Waals surface area contributed by atoms with Gasteiger partial charge in [-0.2, -0.15) is 5.10 Å². The molecule has 0 amide bonds. The van der Waals surface area contributed by atoms with E-state index in [0.29, 0.717) is 31.8 Å². The van der Waals surface area contributed by atoms with Crippen LogP contribution in [-0.4, -0.2) is 39.0 Å². The molecule has 0 aliphatic heterocycles. The van der Waals surface area contributed by atoms with E-state index in [2.05, 4.69) is 25.3 Å². The lowest BCUT2D eigenvalue weighted by Crippen LogP contribution is -2.33. The Morgan fingerprint density at radius 1 is 1.15 bits per heavy atom. The van der Waals surface area contributed by atoms with E-state index in [0.717, 1.165) is 36.3 Å².